The summed E-state index contributed by atoms with van der Waals surface area (Å²) in [6.45, 7) is 6.29. The maximum Gasteiger partial charge on any atom is 0.191 e. The summed E-state index contributed by atoms with van der Waals surface area (Å²) >= 11 is 6.28. The molecule has 1 heterocycles. The van der Waals surface area contributed by atoms with E-state index in [9.17, 15) is 0 Å². The summed E-state index contributed by atoms with van der Waals surface area (Å²) in [5, 5.41) is 7.54. The number of nitrogens with one attached hydrogen (secondary N) is 2. The maximum atomic E-state index is 6.28. The predicted octanol–water partition coefficient (Wildman–Crippen LogP) is 3.16. The molecule has 0 aromatic heterocycles. The number of nitrogens with zero attached hydrogens (tertiary/aromatic N) is 2. The number of likely N-dealkylation sites (N-methyl/N-ethyl adjacent to an activating group) is 1. The molecule has 1 unspecified atom stereocenters. The number of benzene rings is 1. The lowest BCUT2D eigenvalue weighted by Gasteiger charge is -2.24. The van der Waals surface area contributed by atoms with E-state index in [2.05, 4.69) is 27.4 Å². The summed E-state index contributed by atoms with van der Waals surface area (Å²) in [6.07, 6.45) is 3.40. The predicted molar refractivity (Wildman–Crippen MR) is 117 cm³/mol. The summed E-state index contributed by atoms with van der Waals surface area (Å²) in [5.74, 6) is 1.63. The number of methoxy groups -OCH3 is 1. The van der Waals surface area contributed by atoms with Gasteiger partial charge in [-0.15, -0.1) is 24.0 Å². The van der Waals surface area contributed by atoms with Crippen molar-refractivity contribution in [2.24, 2.45) is 4.99 Å². The molecule has 2 N–H and O–H groups in total. The first-order valence-corrected chi connectivity index (χ1v) is 9.06. The van der Waals surface area contributed by atoms with Gasteiger partial charge in [0.05, 0.1) is 7.11 Å². The molecule has 0 amide bonds. The van der Waals surface area contributed by atoms with E-state index in [0.717, 1.165) is 48.4 Å². The van der Waals surface area contributed by atoms with Gasteiger partial charge >= 0.3 is 0 Å². The molecule has 25 heavy (non-hydrogen) atoms. The first-order valence-electron chi connectivity index (χ1n) is 8.69. The van der Waals surface area contributed by atoms with Crippen LogP contribution in [0.3, 0.4) is 0 Å². The van der Waals surface area contributed by atoms with E-state index in [1.807, 2.05) is 25.2 Å². The van der Waals surface area contributed by atoms with Gasteiger partial charge in [-0.05, 0) is 50.0 Å². The molecule has 1 aliphatic rings. The molecule has 1 saturated heterocycles. The third-order valence-corrected chi connectivity index (χ3v) is 4.93. The van der Waals surface area contributed by atoms with E-state index < -0.39 is 0 Å². The van der Waals surface area contributed by atoms with Gasteiger partial charge in [0, 0.05) is 31.2 Å². The molecule has 5 nitrogen and oxygen atoms in total. The van der Waals surface area contributed by atoms with Gasteiger partial charge in [-0.2, -0.15) is 0 Å². The highest BCUT2D eigenvalue weighted by atomic mass is 127. The Labute approximate surface area is 173 Å². The topological polar surface area (TPSA) is 48.9 Å². The Morgan fingerprint density at radius 3 is 2.84 bits per heavy atom. The molecule has 7 heteroatoms. The Hall–Kier alpha value is -0.730. The molecule has 0 spiro atoms. The average molecular weight is 481 g/mol. The third-order valence-electron chi connectivity index (χ3n) is 4.58. The minimum atomic E-state index is 0. The third kappa shape index (κ3) is 6.83. The molecule has 1 atom stereocenters. The number of rotatable bonds is 7. The number of guanidine groups is 1. The highest BCUT2D eigenvalue weighted by molar-refractivity contribution is 14.0. The fourth-order valence-electron chi connectivity index (χ4n) is 3.15. The molecule has 1 aliphatic heterocycles. The highest BCUT2D eigenvalue weighted by Gasteiger charge is 2.22. The van der Waals surface area contributed by atoms with Gasteiger partial charge in [0.15, 0.2) is 5.96 Å². The Morgan fingerprint density at radius 1 is 1.40 bits per heavy atom. The fraction of sp³-hybridized carbons (Fsp3) is 0.611. The lowest BCUT2D eigenvalue weighted by molar-refractivity contribution is 0.267. The summed E-state index contributed by atoms with van der Waals surface area (Å²) < 4.78 is 5.18. The van der Waals surface area contributed by atoms with Crippen molar-refractivity contribution in [2.75, 3.05) is 40.3 Å². The normalized spacial score (nSPS) is 17.9. The van der Waals surface area contributed by atoms with Crippen molar-refractivity contribution in [3.05, 3.63) is 28.8 Å². The van der Waals surface area contributed by atoms with Crippen molar-refractivity contribution in [1.82, 2.24) is 15.5 Å². The summed E-state index contributed by atoms with van der Waals surface area (Å²) in [6, 6.07) is 6.41. The standard InChI is InChI=1S/C18H29ClN4O.HI/c1-4-23-11-5-6-15(23)13-22-18(20-2)21-10-9-14-7-8-16(24-3)12-17(14)19;/h7-8,12,15H,4-6,9-11,13H2,1-3H3,(H2,20,21,22);1H. The molecule has 0 bridgehead atoms. The number of likely N-dealkylation sites (tertiary alicyclic amines) is 1. The van der Waals surface area contributed by atoms with Gasteiger partial charge < -0.3 is 15.4 Å². The van der Waals surface area contributed by atoms with Crippen molar-refractivity contribution < 1.29 is 4.74 Å². The Balaban J connectivity index is 0.00000312. The van der Waals surface area contributed by atoms with Crippen molar-refractivity contribution in [2.45, 2.75) is 32.2 Å². The molecule has 142 valence electrons. The monoisotopic (exact) mass is 480 g/mol. The van der Waals surface area contributed by atoms with Gasteiger partial charge in [-0.25, -0.2) is 0 Å². The zero-order chi connectivity index (χ0) is 17.4. The van der Waals surface area contributed by atoms with Gasteiger partial charge in [-0.1, -0.05) is 24.6 Å². The van der Waals surface area contributed by atoms with Crippen LogP contribution < -0.4 is 15.4 Å². The van der Waals surface area contributed by atoms with Crippen LogP contribution in [0.25, 0.3) is 0 Å². The fourth-order valence-corrected chi connectivity index (χ4v) is 3.42. The first-order chi connectivity index (χ1) is 11.7. The van der Waals surface area contributed by atoms with Gasteiger partial charge in [0.2, 0.25) is 0 Å². The molecule has 0 saturated carbocycles. The number of hydrogen-bond acceptors (Lipinski definition) is 3. The molecule has 2 rings (SSSR count). The van der Waals surface area contributed by atoms with Crippen LogP contribution in [0.4, 0.5) is 0 Å². The summed E-state index contributed by atoms with van der Waals surface area (Å²) in [5.41, 5.74) is 1.10. The van der Waals surface area contributed by atoms with Crippen molar-refractivity contribution in [1.29, 1.82) is 0 Å². The van der Waals surface area contributed by atoms with Crippen LogP contribution in [0, 0.1) is 0 Å². The Kier molecular flexibility index (Phi) is 10.5. The van der Waals surface area contributed by atoms with Gasteiger partial charge in [0.25, 0.3) is 0 Å². The number of aliphatic imine (C=N–C) groups is 1. The zero-order valence-corrected chi connectivity index (χ0v) is 18.4. The minimum Gasteiger partial charge on any atom is -0.497 e. The summed E-state index contributed by atoms with van der Waals surface area (Å²) in [4.78, 5) is 6.83. The SMILES string of the molecule is CCN1CCCC1CNC(=NC)NCCc1ccc(OC)cc1Cl.I. The number of hydrogen-bond donors (Lipinski definition) is 2. The van der Waals surface area contributed by atoms with E-state index in [0.29, 0.717) is 6.04 Å². The van der Waals surface area contributed by atoms with E-state index in [1.54, 1.807) is 7.11 Å². The van der Waals surface area contributed by atoms with Crippen molar-refractivity contribution in [3.8, 4) is 5.75 Å². The molecule has 0 radical (unpaired) electrons. The molecular formula is C18H30ClIN4O. The number of halogens is 2. The largest absolute Gasteiger partial charge is 0.497 e. The lowest BCUT2D eigenvalue weighted by Crippen LogP contribution is -2.45. The average Bonchev–Trinajstić information content (AvgIpc) is 3.06. The highest BCUT2D eigenvalue weighted by Crippen LogP contribution is 2.22. The van der Waals surface area contributed by atoms with E-state index >= 15 is 0 Å². The van der Waals surface area contributed by atoms with Crippen molar-refractivity contribution in [3.63, 3.8) is 0 Å². The van der Waals surface area contributed by atoms with E-state index in [-0.39, 0.29) is 24.0 Å². The molecule has 1 aromatic carbocycles. The molecule has 1 aromatic rings. The van der Waals surface area contributed by atoms with Crippen molar-refractivity contribution >= 4 is 41.5 Å². The van der Waals surface area contributed by atoms with Crippen LogP contribution in [0.2, 0.25) is 5.02 Å². The zero-order valence-electron chi connectivity index (χ0n) is 15.3. The van der Waals surface area contributed by atoms with E-state index in [1.165, 1.54) is 19.4 Å². The molecular weight excluding hydrogens is 451 g/mol. The Bertz CT molecular complexity index is 556. The van der Waals surface area contributed by atoms with Crippen LogP contribution in [0.5, 0.6) is 5.75 Å². The van der Waals surface area contributed by atoms with Crippen LogP contribution in [0.1, 0.15) is 25.3 Å². The lowest BCUT2D eigenvalue weighted by atomic mass is 10.1. The quantitative estimate of drug-likeness (QED) is 0.358. The maximum absolute atomic E-state index is 6.28. The first kappa shape index (κ1) is 22.3. The second-order valence-corrected chi connectivity index (χ2v) is 6.42. The van der Waals surface area contributed by atoms with Crippen LogP contribution in [-0.2, 0) is 6.42 Å². The van der Waals surface area contributed by atoms with Crippen LogP contribution in [-0.4, -0.2) is 57.2 Å². The number of ether oxygens (including phenoxy) is 1. The molecule has 1 fully saturated rings. The Morgan fingerprint density at radius 2 is 2.20 bits per heavy atom. The van der Waals surface area contributed by atoms with Crippen LogP contribution in [0.15, 0.2) is 23.2 Å². The minimum absolute atomic E-state index is 0. The van der Waals surface area contributed by atoms with Gasteiger partial charge in [-0.3, -0.25) is 9.89 Å². The smallest absolute Gasteiger partial charge is 0.191 e. The second kappa shape index (κ2) is 11.8. The van der Waals surface area contributed by atoms with Crippen LogP contribution >= 0.6 is 35.6 Å². The summed E-state index contributed by atoms with van der Waals surface area (Å²) in [7, 11) is 3.45. The van der Waals surface area contributed by atoms with E-state index in [4.69, 9.17) is 16.3 Å². The van der Waals surface area contributed by atoms with Gasteiger partial charge in [0.1, 0.15) is 5.75 Å². The second-order valence-electron chi connectivity index (χ2n) is 6.01. The molecule has 0 aliphatic carbocycles.